The maximum absolute atomic E-state index is 6.35. The number of nitrogens with one attached hydrogen (secondary N) is 1. The zero-order valence-electron chi connectivity index (χ0n) is 11.8. The lowest BCUT2D eigenvalue weighted by molar-refractivity contribution is 0.391. The van der Waals surface area contributed by atoms with Gasteiger partial charge < -0.3 is 0 Å². The Labute approximate surface area is 115 Å². The summed E-state index contributed by atoms with van der Waals surface area (Å²) in [5, 5.41) is 5.23. The van der Waals surface area contributed by atoms with Crippen LogP contribution in [0.15, 0.2) is 0 Å². The van der Waals surface area contributed by atoms with Gasteiger partial charge in [0.1, 0.15) is 0 Å². The van der Waals surface area contributed by atoms with Crippen molar-refractivity contribution in [3.8, 4) is 0 Å². The van der Waals surface area contributed by atoms with Crippen LogP contribution in [0.25, 0.3) is 0 Å². The van der Waals surface area contributed by atoms with Crippen LogP contribution in [0.3, 0.4) is 0 Å². The van der Waals surface area contributed by atoms with Crippen molar-refractivity contribution in [2.45, 2.75) is 52.5 Å². The van der Waals surface area contributed by atoms with Crippen LogP contribution >= 0.6 is 11.6 Å². The molecule has 3 N–H and O–H groups in total. The van der Waals surface area contributed by atoms with Crippen LogP contribution in [0.1, 0.15) is 45.0 Å². The minimum absolute atomic E-state index is 0.248. The molecule has 0 aliphatic rings. The van der Waals surface area contributed by atoms with E-state index in [1.807, 2.05) is 11.7 Å². The van der Waals surface area contributed by atoms with Crippen molar-refractivity contribution in [2.24, 2.45) is 18.8 Å². The Morgan fingerprint density at radius 3 is 2.56 bits per heavy atom. The molecule has 1 heterocycles. The lowest BCUT2D eigenvalue weighted by atomic mass is 9.96. The number of nitrogens with two attached hydrogens (primary N) is 1. The number of hydrogen-bond acceptors (Lipinski definition) is 3. The molecule has 1 aromatic rings. The first-order chi connectivity index (χ1) is 8.53. The second-order valence-electron chi connectivity index (χ2n) is 5.00. The molecular formula is C13H25ClN4. The Hall–Kier alpha value is -0.580. The molecule has 0 amide bonds. The van der Waals surface area contributed by atoms with Crippen molar-refractivity contribution in [3.05, 3.63) is 16.4 Å². The number of aryl methyl sites for hydroxylation is 2. The normalized spacial score (nSPS) is 14.8. The van der Waals surface area contributed by atoms with E-state index in [1.54, 1.807) is 0 Å². The van der Waals surface area contributed by atoms with Gasteiger partial charge in [-0.2, -0.15) is 5.10 Å². The first-order valence-electron chi connectivity index (χ1n) is 6.69. The summed E-state index contributed by atoms with van der Waals surface area (Å²) in [6.45, 7) is 6.51. The van der Waals surface area contributed by atoms with Crippen molar-refractivity contribution in [1.29, 1.82) is 0 Å². The average Bonchev–Trinajstić information content (AvgIpc) is 2.64. The van der Waals surface area contributed by atoms with Gasteiger partial charge >= 0.3 is 0 Å². The topological polar surface area (TPSA) is 55.9 Å². The monoisotopic (exact) mass is 272 g/mol. The largest absolute Gasteiger partial charge is 0.271 e. The molecule has 2 unspecified atom stereocenters. The predicted octanol–water partition coefficient (Wildman–Crippen LogP) is 2.45. The van der Waals surface area contributed by atoms with Crippen molar-refractivity contribution in [2.75, 3.05) is 0 Å². The van der Waals surface area contributed by atoms with E-state index in [0.29, 0.717) is 5.92 Å². The predicted molar refractivity (Wildman–Crippen MR) is 76.5 cm³/mol. The molecule has 5 heteroatoms. The quantitative estimate of drug-likeness (QED) is 0.592. The molecule has 0 aliphatic heterocycles. The standard InChI is InChI=1S/C13H25ClN4/c1-5-9(3)7-10(16-15)8-12-13(14)11(6-2)17-18(12)4/h9-10,16H,5-8,15H2,1-4H3. The molecule has 0 spiro atoms. The minimum Gasteiger partial charge on any atom is -0.271 e. The summed E-state index contributed by atoms with van der Waals surface area (Å²) in [6.07, 6.45) is 3.90. The Bertz CT molecular complexity index is 375. The second-order valence-corrected chi connectivity index (χ2v) is 5.38. The summed E-state index contributed by atoms with van der Waals surface area (Å²) in [5.41, 5.74) is 4.93. The summed E-state index contributed by atoms with van der Waals surface area (Å²) < 4.78 is 1.88. The van der Waals surface area contributed by atoms with Gasteiger partial charge in [0.15, 0.2) is 0 Å². The van der Waals surface area contributed by atoms with Crippen molar-refractivity contribution in [1.82, 2.24) is 15.2 Å². The van der Waals surface area contributed by atoms with Crippen molar-refractivity contribution < 1.29 is 0 Å². The SMILES string of the molecule is CCc1nn(C)c(CC(CC(C)CC)NN)c1Cl. The molecule has 1 rings (SSSR count). The zero-order valence-corrected chi connectivity index (χ0v) is 12.6. The molecule has 0 bridgehead atoms. The fraction of sp³-hybridized carbons (Fsp3) is 0.769. The number of rotatable bonds is 7. The number of hydrazine groups is 1. The first kappa shape index (κ1) is 15.5. The van der Waals surface area contributed by atoms with Gasteiger partial charge in [-0.05, 0) is 18.8 Å². The summed E-state index contributed by atoms with van der Waals surface area (Å²) >= 11 is 6.35. The van der Waals surface area contributed by atoms with E-state index in [-0.39, 0.29) is 6.04 Å². The van der Waals surface area contributed by atoms with E-state index in [0.717, 1.165) is 42.1 Å². The highest BCUT2D eigenvalue weighted by Crippen LogP contribution is 2.23. The van der Waals surface area contributed by atoms with Crippen LogP contribution in [0.2, 0.25) is 5.02 Å². The Kier molecular flexibility index (Phi) is 6.12. The molecule has 18 heavy (non-hydrogen) atoms. The van der Waals surface area contributed by atoms with Gasteiger partial charge in [0.05, 0.1) is 16.4 Å². The van der Waals surface area contributed by atoms with Gasteiger partial charge in [-0.25, -0.2) is 0 Å². The molecule has 0 saturated carbocycles. The second kappa shape index (κ2) is 7.12. The van der Waals surface area contributed by atoms with Crippen LogP contribution in [0.4, 0.5) is 0 Å². The van der Waals surface area contributed by atoms with E-state index in [9.17, 15) is 0 Å². The van der Waals surface area contributed by atoms with Crippen LogP contribution in [0.5, 0.6) is 0 Å². The highest BCUT2D eigenvalue weighted by Gasteiger charge is 2.18. The number of aromatic nitrogens is 2. The fourth-order valence-corrected chi connectivity index (χ4v) is 2.51. The highest BCUT2D eigenvalue weighted by atomic mass is 35.5. The lowest BCUT2D eigenvalue weighted by Crippen LogP contribution is -2.38. The Morgan fingerprint density at radius 1 is 1.44 bits per heavy atom. The third-order valence-electron chi connectivity index (χ3n) is 3.56. The molecule has 0 aliphatic carbocycles. The van der Waals surface area contributed by atoms with E-state index < -0.39 is 0 Å². The summed E-state index contributed by atoms with van der Waals surface area (Å²) in [5.74, 6) is 6.30. The highest BCUT2D eigenvalue weighted by molar-refractivity contribution is 6.31. The average molecular weight is 273 g/mol. The molecule has 0 fully saturated rings. The van der Waals surface area contributed by atoms with E-state index >= 15 is 0 Å². The number of hydrogen-bond donors (Lipinski definition) is 2. The third kappa shape index (κ3) is 3.70. The van der Waals surface area contributed by atoms with Gasteiger partial charge in [-0.15, -0.1) is 0 Å². The fourth-order valence-electron chi connectivity index (χ4n) is 2.14. The van der Waals surface area contributed by atoms with Gasteiger partial charge in [0.2, 0.25) is 0 Å². The van der Waals surface area contributed by atoms with Crippen LogP contribution < -0.4 is 11.3 Å². The van der Waals surface area contributed by atoms with Crippen LogP contribution in [-0.2, 0) is 19.9 Å². The molecule has 0 saturated heterocycles. The molecule has 4 nitrogen and oxygen atoms in total. The Balaban J connectivity index is 2.78. The van der Waals surface area contributed by atoms with Gasteiger partial charge in [0, 0.05) is 19.5 Å². The maximum atomic E-state index is 6.35. The summed E-state index contributed by atoms with van der Waals surface area (Å²) in [4.78, 5) is 0. The van der Waals surface area contributed by atoms with Gasteiger partial charge in [-0.1, -0.05) is 38.8 Å². The molecule has 104 valence electrons. The zero-order chi connectivity index (χ0) is 13.7. The van der Waals surface area contributed by atoms with Crippen LogP contribution in [-0.4, -0.2) is 15.8 Å². The van der Waals surface area contributed by atoms with Crippen LogP contribution in [0, 0.1) is 5.92 Å². The molecule has 0 radical (unpaired) electrons. The summed E-state index contributed by atoms with van der Waals surface area (Å²) in [6, 6.07) is 0.248. The summed E-state index contributed by atoms with van der Waals surface area (Å²) in [7, 11) is 1.94. The van der Waals surface area contributed by atoms with Crippen molar-refractivity contribution in [3.63, 3.8) is 0 Å². The van der Waals surface area contributed by atoms with E-state index in [1.165, 1.54) is 0 Å². The molecule has 1 aromatic heterocycles. The first-order valence-corrected chi connectivity index (χ1v) is 7.07. The minimum atomic E-state index is 0.248. The number of nitrogens with zero attached hydrogens (tertiary/aromatic N) is 2. The molecule has 0 aromatic carbocycles. The molecular weight excluding hydrogens is 248 g/mol. The van der Waals surface area contributed by atoms with Gasteiger partial charge in [-0.3, -0.25) is 16.0 Å². The maximum Gasteiger partial charge on any atom is 0.0850 e. The van der Waals surface area contributed by atoms with E-state index in [4.69, 9.17) is 17.4 Å². The van der Waals surface area contributed by atoms with E-state index in [2.05, 4.69) is 31.3 Å². The molecule has 2 atom stereocenters. The number of halogens is 1. The van der Waals surface area contributed by atoms with Gasteiger partial charge in [0.25, 0.3) is 0 Å². The third-order valence-corrected chi connectivity index (χ3v) is 4.00. The van der Waals surface area contributed by atoms with Crippen molar-refractivity contribution >= 4 is 11.6 Å². The Morgan fingerprint density at radius 2 is 2.11 bits per heavy atom. The smallest absolute Gasteiger partial charge is 0.0850 e. The lowest BCUT2D eigenvalue weighted by Gasteiger charge is -2.19.